The molecule has 3 heteroatoms. The van der Waals surface area contributed by atoms with Gasteiger partial charge in [-0.05, 0) is 36.6 Å². The van der Waals surface area contributed by atoms with Crippen molar-refractivity contribution in [1.82, 2.24) is 5.32 Å². The van der Waals surface area contributed by atoms with Crippen molar-refractivity contribution in [3.8, 4) is 0 Å². The van der Waals surface area contributed by atoms with Crippen molar-refractivity contribution < 1.29 is 9.18 Å². The van der Waals surface area contributed by atoms with Gasteiger partial charge in [-0.25, -0.2) is 4.39 Å². The molecule has 2 rings (SSSR count). The molecule has 0 aliphatic carbocycles. The van der Waals surface area contributed by atoms with Crippen molar-refractivity contribution in [2.45, 2.75) is 26.3 Å². The molecule has 0 atom stereocenters. The minimum absolute atomic E-state index is 0.0100. The molecular formula is C17H18FNO. The van der Waals surface area contributed by atoms with Crippen LogP contribution in [0.3, 0.4) is 0 Å². The Kier molecular flexibility index (Phi) is 4.88. The van der Waals surface area contributed by atoms with Crippen molar-refractivity contribution in [2.75, 3.05) is 0 Å². The molecule has 0 aliphatic heterocycles. The molecule has 0 radical (unpaired) electrons. The molecule has 2 aromatic carbocycles. The molecule has 0 saturated heterocycles. The molecule has 2 aromatic rings. The summed E-state index contributed by atoms with van der Waals surface area (Å²) >= 11 is 0. The fraction of sp³-hybridized carbons (Fsp3) is 0.235. The highest BCUT2D eigenvalue weighted by Gasteiger charge is 2.03. The van der Waals surface area contributed by atoms with Crippen LogP contribution >= 0.6 is 0 Å². The summed E-state index contributed by atoms with van der Waals surface area (Å²) in [5.74, 6) is -0.254. The van der Waals surface area contributed by atoms with Crippen molar-refractivity contribution in [2.24, 2.45) is 0 Å². The molecule has 20 heavy (non-hydrogen) atoms. The maximum absolute atomic E-state index is 12.7. The molecule has 2 nitrogen and oxygen atoms in total. The highest BCUT2D eigenvalue weighted by molar-refractivity contribution is 5.76. The van der Waals surface area contributed by atoms with E-state index in [9.17, 15) is 9.18 Å². The molecule has 0 unspecified atom stereocenters. The van der Waals surface area contributed by atoms with Gasteiger partial charge in [-0.2, -0.15) is 0 Å². The highest BCUT2D eigenvalue weighted by Crippen LogP contribution is 2.07. The second kappa shape index (κ2) is 6.85. The summed E-state index contributed by atoms with van der Waals surface area (Å²) in [6.45, 7) is 2.48. The molecule has 0 heterocycles. The first kappa shape index (κ1) is 14.3. The van der Waals surface area contributed by atoms with E-state index < -0.39 is 0 Å². The maximum Gasteiger partial charge on any atom is 0.220 e. The third-order valence-electron chi connectivity index (χ3n) is 3.13. The molecule has 0 bridgehead atoms. The number of benzene rings is 2. The van der Waals surface area contributed by atoms with E-state index >= 15 is 0 Å². The van der Waals surface area contributed by atoms with Crippen molar-refractivity contribution in [3.05, 3.63) is 71.0 Å². The summed E-state index contributed by atoms with van der Waals surface area (Å²) in [5, 5.41) is 2.84. The van der Waals surface area contributed by atoms with Crippen LogP contribution in [0, 0.1) is 12.7 Å². The Hall–Kier alpha value is -2.16. The Morgan fingerprint density at radius 2 is 1.85 bits per heavy atom. The lowest BCUT2D eigenvalue weighted by atomic mass is 10.1. The first-order valence-corrected chi connectivity index (χ1v) is 6.70. The Balaban J connectivity index is 1.77. The first-order chi connectivity index (χ1) is 9.63. The van der Waals surface area contributed by atoms with Gasteiger partial charge in [-0.1, -0.05) is 42.0 Å². The number of hydrogen-bond acceptors (Lipinski definition) is 1. The molecule has 0 saturated carbocycles. The van der Waals surface area contributed by atoms with Crippen LogP contribution in [0.2, 0.25) is 0 Å². The van der Waals surface area contributed by atoms with Crippen LogP contribution in [0.4, 0.5) is 4.39 Å². The molecule has 1 N–H and O–H groups in total. The fourth-order valence-electron chi connectivity index (χ4n) is 2.02. The number of nitrogens with one attached hydrogen (secondary N) is 1. The van der Waals surface area contributed by atoms with Gasteiger partial charge in [0.2, 0.25) is 5.91 Å². The minimum atomic E-state index is -0.264. The van der Waals surface area contributed by atoms with Gasteiger partial charge in [0.25, 0.3) is 0 Å². The first-order valence-electron chi connectivity index (χ1n) is 6.70. The van der Waals surface area contributed by atoms with Gasteiger partial charge in [0, 0.05) is 13.0 Å². The zero-order chi connectivity index (χ0) is 14.4. The summed E-state index contributed by atoms with van der Waals surface area (Å²) in [5.41, 5.74) is 3.27. The number of halogens is 1. The van der Waals surface area contributed by atoms with Crippen molar-refractivity contribution >= 4 is 5.91 Å². The Labute approximate surface area is 118 Å². The Morgan fingerprint density at radius 3 is 2.55 bits per heavy atom. The molecule has 0 spiro atoms. The SMILES string of the molecule is Cc1cccc(CCC(=O)NCc2ccc(F)cc2)c1. The van der Waals surface area contributed by atoms with E-state index in [0.29, 0.717) is 13.0 Å². The van der Waals surface area contributed by atoms with Gasteiger partial charge in [0.15, 0.2) is 0 Å². The second-order valence-corrected chi connectivity index (χ2v) is 4.89. The van der Waals surface area contributed by atoms with Gasteiger partial charge >= 0.3 is 0 Å². The largest absolute Gasteiger partial charge is 0.352 e. The zero-order valence-electron chi connectivity index (χ0n) is 11.5. The summed E-state index contributed by atoms with van der Waals surface area (Å²) in [4.78, 5) is 11.8. The summed E-state index contributed by atoms with van der Waals surface area (Å²) < 4.78 is 12.7. The van der Waals surface area contributed by atoms with Crippen LogP contribution in [0.15, 0.2) is 48.5 Å². The maximum atomic E-state index is 12.7. The molecule has 0 aliphatic rings. The molecular weight excluding hydrogens is 253 g/mol. The van der Waals surface area contributed by atoms with Crippen LogP contribution in [-0.2, 0) is 17.8 Å². The van der Waals surface area contributed by atoms with Crippen molar-refractivity contribution in [1.29, 1.82) is 0 Å². The number of aryl methyl sites for hydroxylation is 2. The van der Waals surface area contributed by atoms with E-state index in [0.717, 1.165) is 12.0 Å². The lowest BCUT2D eigenvalue weighted by Crippen LogP contribution is -2.22. The van der Waals surface area contributed by atoms with E-state index in [1.165, 1.54) is 23.3 Å². The van der Waals surface area contributed by atoms with Gasteiger partial charge in [0.1, 0.15) is 5.82 Å². The van der Waals surface area contributed by atoms with Gasteiger partial charge in [0.05, 0.1) is 0 Å². The fourth-order valence-corrected chi connectivity index (χ4v) is 2.02. The molecule has 0 fully saturated rings. The molecule has 104 valence electrons. The zero-order valence-corrected chi connectivity index (χ0v) is 11.5. The predicted octanol–water partition coefficient (Wildman–Crippen LogP) is 3.38. The number of hydrogen-bond donors (Lipinski definition) is 1. The molecule has 1 amide bonds. The molecule has 0 aromatic heterocycles. The Morgan fingerprint density at radius 1 is 1.10 bits per heavy atom. The van der Waals surface area contributed by atoms with Gasteiger partial charge in [-0.3, -0.25) is 4.79 Å². The predicted molar refractivity (Wildman–Crippen MR) is 77.7 cm³/mol. The average molecular weight is 271 g/mol. The normalized spacial score (nSPS) is 10.3. The number of amides is 1. The summed E-state index contributed by atoms with van der Waals surface area (Å²) in [6, 6.07) is 14.3. The van der Waals surface area contributed by atoms with Gasteiger partial charge in [-0.15, -0.1) is 0 Å². The van der Waals surface area contributed by atoms with Gasteiger partial charge < -0.3 is 5.32 Å². The van der Waals surface area contributed by atoms with Crippen LogP contribution in [0.5, 0.6) is 0 Å². The smallest absolute Gasteiger partial charge is 0.220 e. The number of rotatable bonds is 5. The minimum Gasteiger partial charge on any atom is -0.352 e. The third-order valence-corrected chi connectivity index (χ3v) is 3.13. The standard InChI is InChI=1S/C17H18FNO/c1-13-3-2-4-14(11-13)7-10-17(20)19-12-15-5-8-16(18)9-6-15/h2-6,8-9,11H,7,10,12H2,1H3,(H,19,20). The number of carbonyl (C=O) groups excluding carboxylic acids is 1. The summed E-state index contributed by atoms with van der Waals surface area (Å²) in [7, 11) is 0. The van der Waals surface area contributed by atoms with Crippen LogP contribution in [-0.4, -0.2) is 5.91 Å². The number of carbonyl (C=O) groups is 1. The second-order valence-electron chi connectivity index (χ2n) is 4.89. The third kappa shape index (κ3) is 4.50. The monoisotopic (exact) mass is 271 g/mol. The van der Waals surface area contributed by atoms with E-state index in [1.807, 2.05) is 25.1 Å². The van der Waals surface area contributed by atoms with E-state index in [1.54, 1.807) is 12.1 Å². The topological polar surface area (TPSA) is 29.1 Å². The van der Waals surface area contributed by atoms with Crippen molar-refractivity contribution in [3.63, 3.8) is 0 Å². The average Bonchev–Trinajstić information content (AvgIpc) is 2.45. The van der Waals surface area contributed by atoms with E-state index in [-0.39, 0.29) is 11.7 Å². The summed E-state index contributed by atoms with van der Waals surface area (Å²) in [6.07, 6.45) is 1.20. The van der Waals surface area contributed by atoms with E-state index in [4.69, 9.17) is 0 Å². The van der Waals surface area contributed by atoms with E-state index in [2.05, 4.69) is 11.4 Å². The van der Waals surface area contributed by atoms with Crippen LogP contribution in [0.1, 0.15) is 23.1 Å². The quantitative estimate of drug-likeness (QED) is 0.887. The lowest BCUT2D eigenvalue weighted by Gasteiger charge is -2.06. The highest BCUT2D eigenvalue weighted by atomic mass is 19.1. The van der Waals surface area contributed by atoms with Crippen LogP contribution in [0.25, 0.3) is 0 Å². The van der Waals surface area contributed by atoms with Crippen LogP contribution < -0.4 is 5.32 Å². The Bertz CT molecular complexity index is 578. The lowest BCUT2D eigenvalue weighted by molar-refractivity contribution is -0.121.